The molecule has 2 aliphatic rings. The zero-order valence-corrected chi connectivity index (χ0v) is 17.6. The van der Waals surface area contributed by atoms with Gasteiger partial charge in [-0.2, -0.15) is 0 Å². The van der Waals surface area contributed by atoms with Crippen molar-refractivity contribution in [1.29, 1.82) is 0 Å². The first-order chi connectivity index (χ1) is 14.1. The lowest BCUT2D eigenvalue weighted by atomic mass is 9.84. The van der Waals surface area contributed by atoms with Gasteiger partial charge in [0, 0.05) is 32.1 Å². The molecule has 1 aromatic carbocycles. The van der Waals surface area contributed by atoms with Crippen molar-refractivity contribution in [3.63, 3.8) is 0 Å². The minimum absolute atomic E-state index is 0.0951. The molecule has 1 aromatic heterocycles. The van der Waals surface area contributed by atoms with Gasteiger partial charge in [0.25, 0.3) is 0 Å². The Morgan fingerprint density at radius 1 is 1.03 bits per heavy atom. The van der Waals surface area contributed by atoms with Crippen molar-refractivity contribution in [2.24, 2.45) is 5.92 Å². The lowest BCUT2D eigenvalue weighted by molar-refractivity contribution is -0.143. The number of nitrogens with zero attached hydrogens (tertiary/aromatic N) is 5. The van der Waals surface area contributed by atoms with E-state index in [1.54, 1.807) is 0 Å². The van der Waals surface area contributed by atoms with Crippen LogP contribution in [0.4, 0.5) is 0 Å². The van der Waals surface area contributed by atoms with Gasteiger partial charge in [-0.3, -0.25) is 9.59 Å². The van der Waals surface area contributed by atoms with Crippen LogP contribution in [0, 0.1) is 12.8 Å². The van der Waals surface area contributed by atoms with Gasteiger partial charge in [-0.05, 0) is 25.3 Å². The Morgan fingerprint density at radius 3 is 2.38 bits per heavy atom. The maximum absolute atomic E-state index is 12.7. The molecule has 2 heterocycles. The van der Waals surface area contributed by atoms with E-state index in [1.807, 2.05) is 39.5 Å². The molecular formula is C21H27N5O2S. The van der Waals surface area contributed by atoms with Gasteiger partial charge in [0.15, 0.2) is 5.16 Å². The van der Waals surface area contributed by atoms with Crippen molar-refractivity contribution in [1.82, 2.24) is 24.6 Å². The number of hydrogen-bond donors (Lipinski definition) is 0. The fourth-order valence-corrected chi connectivity index (χ4v) is 4.61. The lowest BCUT2D eigenvalue weighted by Crippen LogP contribution is -2.53. The number of amides is 2. The second-order valence-electron chi connectivity index (χ2n) is 7.72. The van der Waals surface area contributed by atoms with E-state index in [-0.39, 0.29) is 17.7 Å². The van der Waals surface area contributed by atoms with Gasteiger partial charge in [0.1, 0.15) is 5.82 Å². The minimum atomic E-state index is 0.0951. The molecule has 1 saturated carbocycles. The molecule has 0 atom stereocenters. The van der Waals surface area contributed by atoms with Gasteiger partial charge in [-0.1, -0.05) is 48.5 Å². The molecule has 2 aromatic rings. The number of carbonyl (C=O) groups is 2. The SMILES string of the molecule is Cc1nnc(SCC(=O)N2CCN(C(=O)C3CCC3)CC2)n1Cc1ccccc1. The van der Waals surface area contributed by atoms with E-state index in [2.05, 4.69) is 22.3 Å². The molecule has 1 aliphatic carbocycles. The maximum Gasteiger partial charge on any atom is 0.233 e. The predicted octanol–water partition coefficient (Wildman–Crippen LogP) is 2.20. The largest absolute Gasteiger partial charge is 0.339 e. The molecule has 2 amide bonds. The lowest BCUT2D eigenvalue weighted by Gasteiger charge is -2.38. The summed E-state index contributed by atoms with van der Waals surface area (Å²) in [5.41, 5.74) is 1.18. The molecule has 1 aliphatic heterocycles. The number of hydrogen-bond acceptors (Lipinski definition) is 5. The topological polar surface area (TPSA) is 71.3 Å². The van der Waals surface area contributed by atoms with Crippen LogP contribution in [0.15, 0.2) is 35.5 Å². The average Bonchev–Trinajstić information content (AvgIpc) is 3.05. The summed E-state index contributed by atoms with van der Waals surface area (Å²) in [5.74, 6) is 1.78. The third-order valence-electron chi connectivity index (χ3n) is 5.81. The highest BCUT2D eigenvalue weighted by Gasteiger charge is 2.32. The zero-order chi connectivity index (χ0) is 20.2. The summed E-state index contributed by atoms with van der Waals surface area (Å²) in [7, 11) is 0. The van der Waals surface area contributed by atoms with Crippen molar-refractivity contribution < 1.29 is 9.59 Å². The summed E-state index contributed by atoms with van der Waals surface area (Å²) in [6.07, 6.45) is 3.22. The fraction of sp³-hybridized carbons (Fsp3) is 0.524. The van der Waals surface area contributed by atoms with E-state index in [0.29, 0.717) is 38.5 Å². The second-order valence-corrected chi connectivity index (χ2v) is 8.67. The van der Waals surface area contributed by atoms with Crippen LogP contribution in [0.25, 0.3) is 0 Å². The van der Waals surface area contributed by atoms with Crippen LogP contribution in [0.1, 0.15) is 30.7 Å². The van der Waals surface area contributed by atoms with Gasteiger partial charge >= 0.3 is 0 Å². The van der Waals surface area contributed by atoms with Gasteiger partial charge < -0.3 is 14.4 Å². The summed E-state index contributed by atoms with van der Waals surface area (Å²) in [6.45, 7) is 5.16. The molecule has 154 valence electrons. The number of thioether (sulfide) groups is 1. The number of piperazine rings is 1. The third kappa shape index (κ3) is 4.63. The molecular weight excluding hydrogens is 386 g/mol. The summed E-state index contributed by atoms with van der Waals surface area (Å²) in [4.78, 5) is 28.8. The molecule has 0 radical (unpaired) electrons. The Balaban J connectivity index is 1.28. The zero-order valence-electron chi connectivity index (χ0n) is 16.8. The Bertz CT molecular complexity index is 857. The molecule has 4 rings (SSSR count). The first-order valence-electron chi connectivity index (χ1n) is 10.2. The molecule has 7 nitrogen and oxygen atoms in total. The normalized spacial score (nSPS) is 17.3. The fourth-order valence-electron chi connectivity index (χ4n) is 3.72. The highest BCUT2D eigenvalue weighted by atomic mass is 32.2. The highest BCUT2D eigenvalue weighted by molar-refractivity contribution is 7.99. The van der Waals surface area contributed by atoms with E-state index < -0.39 is 0 Å². The number of aryl methyl sites for hydroxylation is 1. The molecule has 8 heteroatoms. The van der Waals surface area contributed by atoms with Crippen molar-refractivity contribution in [2.45, 2.75) is 37.9 Å². The molecule has 0 bridgehead atoms. The van der Waals surface area contributed by atoms with Crippen molar-refractivity contribution in [3.05, 3.63) is 41.7 Å². The second kappa shape index (κ2) is 8.98. The quantitative estimate of drug-likeness (QED) is 0.679. The Hall–Kier alpha value is -2.35. The van der Waals surface area contributed by atoms with E-state index in [9.17, 15) is 9.59 Å². The molecule has 0 spiro atoms. The molecule has 0 unspecified atom stereocenters. The van der Waals surface area contributed by atoms with Crippen LogP contribution in [-0.2, 0) is 16.1 Å². The van der Waals surface area contributed by atoms with E-state index in [1.165, 1.54) is 23.7 Å². The Labute approximate surface area is 175 Å². The summed E-state index contributed by atoms with van der Waals surface area (Å²) in [5, 5.41) is 9.20. The first kappa shape index (κ1) is 19.9. The molecule has 1 saturated heterocycles. The van der Waals surface area contributed by atoms with Crippen molar-refractivity contribution in [3.8, 4) is 0 Å². The highest BCUT2D eigenvalue weighted by Crippen LogP contribution is 2.28. The average molecular weight is 414 g/mol. The van der Waals surface area contributed by atoms with Crippen molar-refractivity contribution >= 4 is 23.6 Å². The Kier molecular flexibility index (Phi) is 6.18. The number of rotatable bonds is 6. The molecule has 0 N–H and O–H groups in total. The minimum Gasteiger partial charge on any atom is -0.339 e. The van der Waals surface area contributed by atoms with Crippen molar-refractivity contribution in [2.75, 3.05) is 31.9 Å². The molecule has 29 heavy (non-hydrogen) atoms. The summed E-state index contributed by atoms with van der Waals surface area (Å²) >= 11 is 1.43. The van der Waals surface area contributed by atoms with Gasteiger partial charge in [0.05, 0.1) is 12.3 Å². The number of carbonyl (C=O) groups excluding carboxylic acids is 2. The van der Waals surface area contributed by atoms with Crippen LogP contribution in [0.3, 0.4) is 0 Å². The predicted molar refractivity (Wildman–Crippen MR) is 112 cm³/mol. The Morgan fingerprint density at radius 2 is 1.72 bits per heavy atom. The van der Waals surface area contributed by atoms with E-state index in [0.717, 1.165) is 23.8 Å². The van der Waals surface area contributed by atoms with Gasteiger partial charge in [-0.25, -0.2) is 0 Å². The monoisotopic (exact) mass is 413 g/mol. The van der Waals surface area contributed by atoms with Crippen LogP contribution >= 0.6 is 11.8 Å². The van der Waals surface area contributed by atoms with Gasteiger partial charge in [0.2, 0.25) is 11.8 Å². The standard InChI is InChI=1S/C21H27N5O2S/c1-16-22-23-21(26(16)14-17-6-3-2-4-7-17)29-15-19(27)24-10-12-25(13-11-24)20(28)18-8-5-9-18/h2-4,6-7,18H,5,8-15H2,1H3. The van der Waals surface area contributed by atoms with E-state index >= 15 is 0 Å². The molecule has 2 fully saturated rings. The first-order valence-corrected chi connectivity index (χ1v) is 11.2. The number of aromatic nitrogens is 3. The summed E-state index contributed by atoms with van der Waals surface area (Å²) < 4.78 is 2.04. The summed E-state index contributed by atoms with van der Waals surface area (Å²) in [6, 6.07) is 10.2. The smallest absolute Gasteiger partial charge is 0.233 e. The van der Waals surface area contributed by atoms with Gasteiger partial charge in [-0.15, -0.1) is 10.2 Å². The van der Waals surface area contributed by atoms with Crippen LogP contribution in [0.5, 0.6) is 0 Å². The maximum atomic E-state index is 12.7. The number of benzene rings is 1. The van der Waals surface area contributed by atoms with E-state index in [4.69, 9.17) is 0 Å². The van der Waals surface area contributed by atoms with Crippen LogP contribution in [-0.4, -0.2) is 68.3 Å². The van der Waals surface area contributed by atoms with Crippen LogP contribution in [0.2, 0.25) is 0 Å². The third-order valence-corrected chi connectivity index (χ3v) is 6.76. The van der Waals surface area contributed by atoms with Crippen LogP contribution < -0.4 is 0 Å².